The van der Waals surface area contributed by atoms with E-state index in [9.17, 15) is 8.42 Å². The van der Waals surface area contributed by atoms with Gasteiger partial charge in [-0.3, -0.25) is 0 Å². The van der Waals surface area contributed by atoms with Crippen molar-refractivity contribution in [2.24, 2.45) is 10.2 Å². The van der Waals surface area contributed by atoms with Crippen LogP contribution < -0.4 is 4.72 Å². The Bertz CT molecular complexity index is 667. The van der Waals surface area contributed by atoms with E-state index in [1.54, 1.807) is 12.1 Å². The van der Waals surface area contributed by atoms with E-state index in [-0.39, 0.29) is 4.90 Å². The van der Waals surface area contributed by atoms with Crippen LogP contribution in [-0.4, -0.2) is 15.5 Å². The standard InChI is InChI=1S/C13H13N3O2S.2C2H6/c1-14-19(17,18)13-9-7-12(8-10-13)16-15-11-5-3-2-4-6-11;2*1-2/h2-10,14H,1H3;2*1-2H3. The highest BCUT2D eigenvalue weighted by Crippen LogP contribution is 2.19. The predicted molar refractivity (Wildman–Crippen MR) is 96.0 cm³/mol. The van der Waals surface area contributed by atoms with Crippen LogP contribution in [0.2, 0.25) is 0 Å². The molecule has 6 heteroatoms. The second kappa shape index (κ2) is 11.5. The Morgan fingerprint density at radius 2 is 1.17 bits per heavy atom. The molecule has 5 nitrogen and oxygen atoms in total. The summed E-state index contributed by atoms with van der Waals surface area (Å²) in [5.41, 5.74) is 1.34. The molecule has 0 saturated heterocycles. The van der Waals surface area contributed by atoms with Crippen molar-refractivity contribution >= 4 is 21.4 Å². The minimum Gasteiger partial charge on any atom is -0.214 e. The van der Waals surface area contributed by atoms with E-state index in [1.807, 2.05) is 58.0 Å². The third kappa shape index (κ3) is 7.17. The molecule has 0 heterocycles. The second-order valence-corrected chi connectivity index (χ2v) is 5.62. The fourth-order valence-corrected chi connectivity index (χ4v) is 2.15. The predicted octanol–water partition coefficient (Wildman–Crippen LogP) is 5.06. The van der Waals surface area contributed by atoms with Gasteiger partial charge in [-0.1, -0.05) is 45.9 Å². The topological polar surface area (TPSA) is 70.9 Å². The first-order chi connectivity index (χ1) is 11.1. The van der Waals surface area contributed by atoms with E-state index in [2.05, 4.69) is 15.0 Å². The van der Waals surface area contributed by atoms with Gasteiger partial charge in [-0.2, -0.15) is 10.2 Å². The van der Waals surface area contributed by atoms with Crippen molar-refractivity contribution in [2.75, 3.05) is 7.05 Å². The minimum absolute atomic E-state index is 0.202. The molecule has 0 aliphatic carbocycles. The summed E-state index contributed by atoms with van der Waals surface area (Å²) in [6.07, 6.45) is 0. The molecular formula is C17H25N3O2S. The first kappa shape index (κ1) is 20.9. The van der Waals surface area contributed by atoms with Gasteiger partial charge in [0.1, 0.15) is 0 Å². The van der Waals surface area contributed by atoms with Crippen LogP contribution in [0.15, 0.2) is 69.7 Å². The molecule has 0 radical (unpaired) electrons. The average molecular weight is 335 g/mol. The number of azo groups is 1. The van der Waals surface area contributed by atoms with Gasteiger partial charge in [0.15, 0.2) is 0 Å². The Hall–Kier alpha value is -2.05. The van der Waals surface area contributed by atoms with E-state index >= 15 is 0 Å². The number of hydrogen-bond acceptors (Lipinski definition) is 4. The Morgan fingerprint density at radius 1 is 0.739 bits per heavy atom. The lowest BCUT2D eigenvalue weighted by Crippen LogP contribution is -2.18. The summed E-state index contributed by atoms with van der Waals surface area (Å²) in [4.78, 5) is 0.202. The fraction of sp³-hybridized carbons (Fsp3) is 0.294. The molecule has 0 atom stereocenters. The third-order valence-electron chi connectivity index (χ3n) is 2.45. The maximum Gasteiger partial charge on any atom is 0.240 e. The molecule has 2 aromatic carbocycles. The summed E-state index contributed by atoms with van der Waals surface area (Å²) in [6.45, 7) is 8.00. The number of sulfonamides is 1. The monoisotopic (exact) mass is 335 g/mol. The molecule has 0 aliphatic heterocycles. The van der Waals surface area contributed by atoms with Crippen LogP contribution in [0, 0.1) is 0 Å². The van der Waals surface area contributed by atoms with Gasteiger partial charge in [-0.25, -0.2) is 13.1 Å². The fourth-order valence-electron chi connectivity index (χ4n) is 1.42. The number of hydrogen-bond donors (Lipinski definition) is 1. The van der Waals surface area contributed by atoms with Crippen molar-refractivity contribution in [3.8, 4) is 0 Å². The first-order valence-corrected chi connectivity index (χ1v) is 9.10. The van der Waals surface area contributed by atoms with Gasteiger partial charge in [-0.15, -0.1) is 0 Å². The molecule has 0 amide bonds. The summed E-state index contributed by atoms with van der Waals surface area (Å²) in [7, 11) is -2.03. The normalized spacial score (nSPS) is 10.3. The first-order valence-electron chi connectivity index (χ1n) is 7.62. The highest BCUT2D eigenvalue weighted by molar-refractivity contribution is 7.89. The van der Waals surface area contributed by atoms with Gasteiger partial charge in [0.25, 0.3) is 0 Å². The van der Waals surface area contributed by atoms with Crippen molar-refractivity contribution in [1.82, 2.24) is 4.72 Å². The number of benzene rings is 2. The summed E-state index contributed by atoms with van der Waals surface area (Å²) < 4.78 is 25.3. The highest BCUT2D eigenvalue weighted by Gasteiger charge is 2.09. The van der Waals surface area contributed by atoms with Gasteiger partial charge >= 0.3 is 0 Å². The van der Waals surface area contributed by atoms with Gasteiger partial charge in [0.2, 0.25) is 10.0 Å². The summed E-state index contributed by atoms with van der Waals surface area (Å²) >= 11 is 0. The lowest BCUT2D eigenvalue weighted by molar-refractivity contribution is 0.588. The molecule has 126 valence electrons. The molecule has 0 saturated carbocycles. The molecule has 0 fully saturated rings. The van der Waals surface area contributed by atoms with E-state index in [1.165, 1.54) is 19.2 Å². The van der Waals surface area contributed by atoms with Crippen molar-refractivity contribution in [3.05, 3.63) is 54.6 Å². The SMILES string of the molecule is CC.CC.CNS(=O)(=O)c1ccc(N=Nc2ccccc2)cc1. The van der Waals surface area contributed by atoms with E-state index in [4.69, 9.17) is 0 Å². The van der Waals surface area contributed by atoms with Gasteiger partial charge in [-0.05, 0) is 43.4 Å². The lowest BCUT2D eigenvalue weighted by atomic mass is 10.3. The molecule has 0 bridgehead atoms. The molecule has 23 heavy (non-hydrogen) atoms. The van der Waals surface area contributed by atoms with E-state index in [0.29, 0.717) is 5.69 Å². The smallest absolute Gasteiger partial charge is 0.214 e. The Morgan fingerprint density at radius 3 is 1.61 bits per heavy atom. The van der Waals surface area contributed by atoms with Crippen LogP contribution in [0.5, 0.6) is 0 Å². The molecule has 0 unspecified atom stereocenters. The largest absolute Gasteiger partial charge is 0.240 e. The van der Waals surface area contributed by atoms with Crippen molar-refractivity contribution in [1.29, 1.82) is 0 Å². The van der Waals surface area contributed by atoms with Crippen LogP contribution in [-0.2, 0) is 10.0 Å². The third-order valence-corrected chi connectivity index (χ3v) is 3.88. The highest BCUT2D eigenvalue weighted by atomic mass is 32.2. The molecular weight excluding hydrogens is 310 g/mol. The minimum atomic E-state index is -3.40. The zero-order valence-corrected chi connectivity index (χ0v) is 15.1. The van der Waals surface area contributed by atoms with Gasteiger partial charge in [0.05, 0.1) is 16.3 Å². The molecule has 1 N–H and O–H groups in total. The zero-order chi connectivity index (χ0) is 17.7. The summed E-state index contributed by atoms with van der Waals surface area (Å²) in [6, 6.07) is 15.5. The summed E-state index contributed by atoms with van der Waals surface area (Å²) in [5.74, 6) is 0. The number of nitrogens with one attached hydrogen (secondary N) is 1. The quantitative estimate of drug-likeness (QED) is 0.793. The van der Waals surface area contributed by atoms with Crippen LogP contribution >= 0.6 is 0 Å². The maximum absolute atomic E-state index is 11.5. The van der Waals surface area contributed by atoms with Gasteiger partial charge < -0.3 is 0 Å². The van der Waals surface area contributed by atoms with E-state index in [0.717, 1.165) is 5.69 Å². The lowest BCUT2D eigenvalue weighted by Gasteiger charge is -2.01. The molecule has 0 aliphatic rings. The molecule has 0 aromatic heterocycles. The Kier molecular flexibility index (Phi) is 10.5. The van der Waals surface area contributed by atoms with Crippen LogP contribution in [0.4, 0.5) is 11.4 Å². The van der Waals surface area contributed by atoms with Crippen molar-refractivity contribution < 1.29 is 8.42 Å². The van der Waals surface area contributed by atoms with E-state index < -0.39 is 10.0 Å². The molecule has 2 aromatic rings. The number of nitrogens with zero attached hydrogens (tertiary/aromatic N) is 2. The molecule has 2 rings (SSSR count). The second-order valence-electron chi connectivity index (χ2n) is 3.74. The maximum atomic E-state index is 11.5. The molecule has 0 spiro atoms. The Labute approximate surface area is 139 Å². The van der Waals surface area contributed by atoms with Crippen LogP contribution in [0.25, 0.3) is 0 Å². The van der Waals surface area contributed by atoms with Gasteiger partial charge in [0, 0.05) is 0 Å². The summed E-state index contributed by atoms with van der Waals surface area (Å²) in [5, 5.41) is 8.08. The van der Waals surface area contributed by atoms with Crippen molar-refractivity contribution in [2.45, 2.75) is 32.6 Å². The Balaban J connectivity index is 0.00000112. The average Bonchev–Trinajstić information content (AvgIpc) is 2.64. The number of rotatable bonds is 4. The zero-order valence-electron chi connectivity index (χ0n) is 14.3. The van der Waals surface area contributed by atoms with Crippen molar-refractivity contribution in [3.63, 3.8) is 0 Å². The van der Waals surface area contributed by atoms with Crippen LogP contribution in [0.3, 0.4) is 0 Å². The van der Waals surface area contributed by atoms with Crippen LogP contribution in [0.1, 0.15) is 27.7 Å².